The Balaban J connectivity index is 1.74. The summed E-state index contributed by atoms with van der Waals surface area (Å²) in [6.45, 7) is 0.849. The number of hydrogen-bond donors (Lipinski definition) is 0. The Hall–Kier alpha value is -3.36. The van der Waals surface area contributed by atoms with Gasteiger partial charge in [0, 0.05) is 11.5 Å². The van der Waals surface area contributed by atoms with Crippen LogP contribution in [0.1, 0.15) is 30.6 Å². The second-order valence-electron chi connectivity index (χ2n) is 7.75. The summed E-state index contributed by atoms with van der Waals surface area (Å²) in [5.41, 5.74) is 10.1. The van der Waals surface area contributed by atoms with Gasteiger partial charge in [0.15, 0.2) is 22.0 Å². The third kappa shape index (κ3) is 3.24. The number of carbonyl (C=O) groups excluding carboxylic acids is 2. The number of hydrogen-bond acceptors (Lipinski definition) is 6. The highest BCUT2D eigenvalue weighted by Crippen LogP contribution is 2.47. The van der Waals surface area contributed by atoms with Gasteiger partial charge in [-0.05, 0) is 23.6 Å². The van der Waals surface area contributed by atoms with E-state index in [1.54, 1.807) is 48.5 Å². The fourth-order valence-electron chi connectivity index (χ4n) is 4.21. The maximum absolute atomic E-state index is 13.4. The summed E-state index contributed by atoms with van der Waals surface area (Å²) < 4.78 is 30.2. The molecule has 0 radical (unpaired) electrons. The van der Waals surface area contributed by atoms with E-state index in [1.807, 2.05) is 12.1 Å². The van der Waals surface area contributed by atoms with Crippen LogP contribution in [-0.2, 0) is 24.2 Å². The zero-order chi connectivity index (χ0) is 22.2. The predicted octanol–water partition coefficient (Wildman–Crippen LogP) is 2.74. The molecule has 2 aliphatic rings. The number of esters is 1. The first-order chi connectivity index (χ1) is 14.8. The van der Waals surface area contributed by atoms with Gasteiger partial charge in [-0.1, -0.05) is 65.8 Å². The minimum absolute atomic E-state index is 0.196. The highest BCUT2D eigenvalue weighted by Gasteiger charge is 2.70. The molecule has 3 atom stereocenters. The Morgan fingerprint density at radius 1 is 1.19 bits per heavy atom. The molecule has 1 amide bonds. The van der Waals surface area contributed by atoms with E-state index in [1.165, 1.54) is 6.92 Å². The van der Waals surface area contributed by atoms with Gasteiger partial charge in [0.1, 0.15) is 10.1 Å². The monoisotopic (exact) mass is 440 g/mol. The number of ether oxygens (including phenoxy) is 1. The van der Waals surface area contributed by atoms with Crippen LogP contribution in [0, 0.1) is 0 Å². The summed E-state index contributed by atoms with van der Waals surface area (Å²) >= 11 is 0. The van der Waals surface area contributed by atoms with E-state index in [9.17, 15) is 18.0 Å². The van der Waals surface area contributed by atoms with Gasteiger partial charge >= 0.3 is 5.97 Å². The van der Waals surface area contributed by atoms with Crippen molar-refractivity contribution >= 4 is 21.7 Å². The van der Waals surface area contributed by atoms with E-state index in [0.29, 0.717) is 11.1 Å². The molecule has 9 nitrogen and oxygen atoms in total. The molecule has 2 saturated heterocycles. The molecule has 4 rings (SSSR count). The lowest BCUT2D eigenvalue weighted by atomic mass is 9.96. The molecule has 10 heteroatoms. The average Bonchev–Trinajstić information content (AvgIpc) is 2.92. The molecule has 0 spiro atoms. The number of nitrogens with zero attached hydrogens (tertiary/aromatic N) is 4. The van der Waals surface area contributed by atoms with Crippen molar-refractivity contribution in [3.05, 3.63) is 82.2 Å². The molecule has 2 heterocycles. The molecule has 2 aromatic carbocycles. The fraction of sp³-hybridized carbons (Fsp3) is 0.333. The van der Waals surface area contributed by atoms with Crippen LogP contribution in [0.25, 0.3) is 10.4 Å². The van der Waals surface area contributed by atoms with Crippen molar-refractivity contribution in [3.63, 3.8) is 0 Å². The number of rotatable bonds is 6. The van der Waals surface area contributed by atoms with Gasteiger partial charge in [0.05, 0.1) is 6.42 Å². The molecule has 160 valence electrons. The molecule has 0 aromatic heterocycles. The first-order valence-corrected chi connectivity index (χ1v) is 11.2. The van der Waals surface area contributed by atoms with Gasteiger partial charge in [-0.3, -0.25) is 4.79 Å². The Morgan fingerprint density at radius 2 is 1.74 bits per heavy atom. The first-order valence-electron chi connectivity index (χ1n) is 9.67. The molecule has 2 aromatic rings. The maximum atomic E-state index is 13.4. The third-order valence-corrected chi connectivity index (χ3v) is 8.68. The van der Waals surface area contributed by atoms with E-state index < -0.39 is 50.5 Å². The van der Waals surface area contributed by atoms with Gasteiger partial charge in [0.25, 0.3) is 0 Å². The topological polar surface area (TPSA) is 130 Å². The molecule has 0 aliphatic carbocycles. The van der Waals surface area contributed by atoms with Gasteiger partial charge in [-0.15, -0.1) is 0 Å². The molecule has 31 heavy (non-hydrogen) atoms. The molecular weight excluding hydrogens is 420 g/mol. The summed E-state index contributed by atoms with van der Waals surface area (Å²) in [5, 5.41) is 2.32. The third-order valence-electron chi connectivity index (χ3n) is 5.92. The van der Waals surface area contributed by atoms with Crippen molar-refractivity contribution in [1.29, 1.82) is 0 Å². The van der Waals surface area contributed by atoms with Gasteiger partial charge in [-0.25, -0.2) is 13.2 Å². The quantitative estimate of drug-likeness (QED) is 0.224. The lowest BCUT2D eigenvalue weighted by Crippen LogP contribution is -2.58. The van der Waals surface area contributed by atoms with Crippen LogP contribution < -0.4 is 0 Å². The average molecular weight is 440 g/mol. The van der Waals surface area contributed by atoms with Crippen molar-refractivity contribution in [2.24, 2.45) is 5.11 Å². The van der Waals surface area contributed by atoms with Crippen LogP contribution in [0.15, 0.2) is 65.8 Å². The molecular formula is C21H20N4O5S. The Morgan fingerprint density at radius 3 is 2.23 bits per heavy atom. The summed E-state index contributed by atoms with van der Waals surface area (Å²) in [5.74, 6) is -1.30. The molecule has 2 aliphatic heterocycles. The maximum Gasteiger partial charge on any atom is 0.331 e. The zero-order valence-electron chi connectivity index (χ0n) is 16.7. The number of β-lactam (4-membered cyclic amide) rings is 1. The standard InChI is InChI=1S/C21H20N4O5S/c1-21(13-23-24-22)19(25-16(26)12-17(25)31(21,28)29)20(27)30-18(14-8-4-2-5-9-14)15-10-6-3-7-11-15/h2-11,17-19H,12-13H2,1H3/t17?,19-,21-/m0/s1. The highest BCUT2D eigenvalue weighted by molar-refractivity contribution is 7.94. The molecule has 0 saturated carbocycles. The second kappa shape index (κ2) is 7.72. The van der Waals surface area contributed by atoms with Crippen molar-refractivity contribution in [1.82, 2.24) is 4.90 Å². The number of benzene rings is 2. The summed E-state index contributed by atoms with van der Waals surface area (Å²) in [4.78, 5) is 29.3. The van der Waals surface area contributed by atoms with Gasteiger partial charge in [-0.2, -0.15) is 0 Å². The number of fused-ring (bicyclic) bond motifs is 1. The van der Waals surface area contributed by atoms with Crippen LogP contribution in [0.3, 0.4) is 0 Å². The smallest absolute Gasteiger partial charge is 0.331 e. The fourth-order valence-corrected chi connectivity index (χ4v) is 6.49. The van der Waals surface area contributed by atoms with Crippen molar-refractivity contribution < 1.29 is 22.7 Å². The van der Waals surface area contributed by atoms with Crippen LogP contribution in [-0.4, -0.2) is 47.9 Å². The summed E-state index contributed by atoms with van der Waals surface area (Å²) in [6.07, 6.45) is -0.990. The Bertz CT molecular complexity index is 1130. The van der Waals surface area contributed by atoms with Crippen molar-refractivity contribution in [2.45, 2.75) is 35.6 Å². The van der Waals surface area contributed by atoms with Crippen LogP contribution in [0.2, 0.25) is 0 Å². The van der Waals surface area contributed by atoms with E-state index in [0.717, 1.165) is 4.90 Å². The van der Waals surface area contributed by atoms with E-state index >= 15 is 0 Å². The second-order valence-corrected chi connectivity index (χ2v) is 10.3. The molecule has 1 unspecified atom stereocenters. The number of amides is 1. The van der Waals surface area contributed by atoms with Crippen LogP contribution in [0.4, 0.5) is 0 Å². The Kier molecular flexibility index (Phi) is 5.20. The van der Waals surface area contributed by atoms with E-state index in [4.69, 9.17) is 10.3 Å². The minimum atomic E-state index is -3.95. The highest BCUT2D eigenvalue weighted by atomic mass is 32.2. The summed E-state index contributed by atoms with van der Waals surface area (Å²) in [7, 11) is -3.95. The lowest BCUT2D eigenvalue weighted by molar-refractivity contribution is -0.164. The zero-order valence-corrected chi connectivity index (χ0v) is 17.5. The van der Waals surface area contributed by atoms with Gasteiger partial charge < -0.3 is 9.64 Å². The molecule has 0 bridgehead atoms. The van der Waals surface area contributed by atoms with E-state index in [-0.39, 0.29) is 6.42 Å². The normalized spacial score (nSPS) is 26.0. The van der Waals surface area contributed by atoms with E-state index in [2.05, 4.69) is 10.0 Å². The van der Waals surface area contributed by atoms with Crippen molar-refractivity contribution in [2.75, 3.05) is 6.54 Å². The SMILES string of the molecule is C[C@]1(CN=[N+]=[N-])[C@H](C(=O)OC(c2ccccc2)c2ccccc2)N2C(=O)CC2S1(=O)=O. The molecule has 2 fully saturated rings. The van der Waals surface area contributed by atoms with Crippen LogP contribution in [0.5, 0.6) is 0 Å². The number of sulfone groups is 1. The Labute approximate surface area is 179 Å². The number of carbonyl (C=O) groups is 2. The van der Waals surface area contributed by atoms with Crippen molar-refractivity contribution in [3.8, 4) is 0 Å². The largest absolute Gasteiger partial charge is 0.451 e. The predicted molar refractivity (Wildman–Crippen MR) is 111 cm³/mol. The minimum Gasteiger partial charge on any atom is -0.451 e. The first kappa shape index (κ1) is 20.9. The molecule has 0 N–H and O–H groups in total. The lowest BCUT2D eigenvalue weighted by Gasteiger charge is -2.37. The summed E-state index contributed by atoms with van der Waals surface area (Å²) in [6, 6.07) is 16.7. The number of azide groups is 1. The van der Waals surface area contributed by atoms with Crippen LogP contribution >= 0.6 is 0 Å². The van der Waals surface area contributed by atoms with Gasteiger partial charge in [0.2, 0.25) is 5.91 Å².